The van der Waals surface area contributed by atoms with Gasteiger partial charge in [-0.3, -0.25) is 0 Å². The van der Waals surface area contributed by atoms with E-state index in [0.717, 1.165) is 6.29 Å². The number of rotatable bonds is 5. The highest BCUT2D eigenvalue weighted by Crippen LogP contribution is 2.39. The molecule has 0 spiro atoms. The normalized spacial score (nSPS) is 16.2. The molecule has 0 aromatic rings. The van der Waals surface area contributed by atoms with E-state index in [2.05, 4.69) is 33.9 Å². The fourth-order valence-corrected chi connectivity index (χ4v) is 2.55. The van der Waals surface area contributed by atoms with Gasteiger partial charge in [0.2, 0.25) is 0 Å². The summed E-state index contributed by atoms with van der Waals surface area (Å²) >= 11 is 0. The summed E-state index contributed by atoms with van der Waals surface area (Å²) in [5, 5.41) is 0.159. The van der Waals surface area contributed by atoms with E-state index in [-0.39, 0.29) is 11.1 Å². The largest absolute Gasteiger partial charge is 0.410 e. The van der Waals surface area contributed by atoms with Crippen molar-refractivity contribution in [2.75, 3.05) is 0 Å². The third-order valence-corrected chi connectivity index (χ3v) is 8.09. The summed E-state index contributed by atoms with van der Waals surface area (Å²) in [6.07, 6.45) is 4.81. The van der Waals surface area contributed by atoms with Crippen LogP contribution in [-0.2, 0) is 9.22 Å². The van der Waals surface area contributed by atoms with Gasteiger partial charge in [0, 0.05) is 5.41 Å². The summed E-state index contributed by atoms with van der Waals surface area (Å²) in [5.74, 6) is 0. The highest BCUT2D eigenvalue weighted by molar-refractivity contribution is 6.74. The molecule has 0 aromatic carbocycles. The molecule has 100 valence electrons. The predicted molar refractivity (Wildman–Crippen MR) is 76.7 cm³/mol. The molecule has 0 unspecified atom stereocenters. The molecule has 1 atom stereocenters. The van der Waals surface area contributed by atoms with Crippen molar-refractivity contribution in [3.8, 4) is 0 Å². The van der Waals surface area contributed by atoms with Gasteiger partial charge in [-0.05, 0) is 25.1 Å². The standard InChI is InChI=1S/C14H28O2Si/c1-9-10-12(14(5,6)11-15)16-17(7,8)13(2,3)4/h9-12H,1-8H3/b10-9+/t12-/m0/s1. The maximum Gasteiger partial charge on any atom is 0.192 e. The molecule has 0 aliphatic carbocycles. The zero-order chi connectivity index (χ0) is 13.9. The third-order valence-electron chi connectivity index (χ3n) is 3.63. The van der Waals surface area contributed by atoms with Crippen LogP contribution in [-0.4, -0.2) is 20.7 Å². The minimum atomic E-state index is -1.84. The third kappa shape index (κ3) is 4.40. The van der Waals surface area contributed by atoms with Gasteiger partial charge in [0.05, 0.1) is 6.10 Å². The van der Waals surface area contributed by atoms with Crippen LogP contribution in [0.1, 0.15) is 41.5 Å². The monoisotopic (exact) mass is 256 g/mol. The Hall–Kier alpha value is -0.413. The fraction of sp³-hybridized carbons (Fsp3) is 0.786. The summed E-state index contributed by atoms with van der Waals surface area (Å²) in [4.78, 5) is 11.2. The van der Waals surface area contributed by atoms with Crippen molar-refractivity contribution in [2.45, 2.75) is 65.8 Å². The van der Waals surface area contributed by atoms with Gasteiger partial charge < -0.3 is 9.22 Å². The van der Waals surface area contributed by atoms with Crippen molar-refractivity contribution in [1.29, 1.82) is 0 Å². The van der Waals surface area contributed by atoms with Crippen molar-refractivity contribution in [3.05, 3.63) is 12.2 Å². The number of carbonyl (C=O) groups is 1. The Balaban J connectivity index is 5.09. The molecular formula is C14H28O2Si. The molecule has 0 aliphatic heterocycles. The summed E-state index contributed by atoms with van der Waals surface area (Å²) in [5.41, 5.74) is -0.470. The second-order valence-electron chi connectivity index (χ2n) is 6.76. The Morgan fingerprint density at radius 3 is 1.88 bits per heavy atom. The number of allylic oxidation sites excluding steroid dienone is 1. The molecule has 0 heterocycles. The summed E-state index contributed by atoms with van der Waals surface area (Å²) in [7, 11) is -1.84. The topological polar surface area (TPSA) is 26.3 Å². The van der Waals surface area contributed by atoms with Crippen molar-refractivity contribution in [3.63, 3.8) is 0 Å². The number of aldehydes is 1. The van der Waals surface area contributed by atoms with Gasteiger partial charge in [0.1, 0.15) is 6.29 Å². The first-order valence-electron chi connectivity index (χ1n) is 6.25. The molecule has 0 saturated heterocycles. The van der Waals surface area contributed by atoms with Gasteiger partial charge in [-0.2, -0.15) is 0 Å². The van der Waals surface area contributed by atoms with Crippen LogP contribution in [0.25, 0.3) is 0 Å². The highest BCUT2D eigenvalue weighted by atomic mass is 28.4. The van der Waals surface area contributed by atoms with Crippen LogP contribution < -0.4 is 0 Å². The second-order valence-corrected chi connectivity index (χ2v) is 11.5. The van der Waals surface area contributed by atoms with Crippen LogP contribution in [0.2, 0.25) is 18.1 Å². The van der Waals surface area contributed by atoms with Gasteiger partial charge in [-0.15, -0.1) is 0 Å². The van der Waals surface area contributed by atoms with Crippen molar-refractivity contribution < 1.29 is 9.22 Å². The molecule has 0 aromatic heterocycles. The van der Waals surface area contributed by atoms with Gasteiger partial charge in [-0.25, -0.2) is 0 Å². The summed E-state index contributed by atoms with van der Waals surface area (Å²) in [6, 6.07) is 0. The molecule has 0 amide bonds. The second kappa shape index (κ2) is 5.49. The van der Waals surface area contributed by atoms with E-state index in [4.69, 9.17) is 4.43 Å². The molecule has 0 aliphatic rings. The van der Waals surface area contributed by atoms with E-state index in [9.17, 15) is 4.79 Å². The summed E-state index contributed by atoms with van der Waals surface area (Å²) < 4.78 is 6.32. The van der Waals surface area contributed by atoms with E-state index in [1.807, 2.05) is 32.9 Å². The molecule has 2 nitrogen and oxygen atoms in total. The zero-order valence-corrected chi connectivity index (χ0v) is 13.6. The lowest BCUT2D eigenvalue weighted by Gasteiger charge is -2.41. The number of hydrogen-bond acceptors (Lipinski definition) is 2. The lowest BCUT2D eigenvalue weighted by molar-refractivity contribution is -0.118. The van der Waals surface area contributed by atoms with Gasteiger partial charge >= 0.3 is 0 Å². The lowest BCUT2D eigenvalue weighted by Crippen LogP contribution is -2.47. The first-order chi connectivity index (χ1) is 7.48. The van der Waals surface area contributed by atoms with Crippen molar-refractivity contribution >= 4 is 14.6 Å². The zero-order valence-electron chi connectivity index (χ0n) is 12.6. The van der Waals surface area contributed by atoms with E-state index >= 15 is 0 Å². The molecule has 0 fully saturated rings. The Morgan fingerprint density at radius 2 is 1.59 bits per heavy atom. The first kappa shape index (κ1) is 16.6. The van der Waals surface area contributed by atoms with Crippen LogP contribution in [0, 0.1) is 5.41 Å². The Bertz CT molecular complexity index is 285. The minimum absolute atomic E-state index is 0.133. The SMILES string of the molecule is C/C=C/[C@H](O[Si](C)(C)C(C)(C)C)C(C)(C)C=O. The van der Waals surface area contributed by atoms with E-state index in [1.54, 1.807) is 0 Å². The predicted octanol–water partition coefficient (Wildman–Crippen LogP) is 4.18. The molecular weight excluding hydrogens is 228 g/mol. The summed E-state index contributed by atoms with van der Waals surface area (Å²) in [6.45, 7) is 16.9. The molecule has 0 N–H and O–H groups in total. The first-order valence-corrected chi connectivity index (χ1v) is 9.16. The Labute approximate surface area is 108 Å². The minimum Gasteiger partial charge on any atom is -0.410 e. The Morgan fingerprint density at radius 1 is 1.12 bits per heavy atom. The van der Waals surface area contributed by atoms with Gasteiger partial charge in [0.25, 0.3) is 0 Å². The molecule has 0 saturated carbocycles. The van der Waals surface area contributed by atoms with Gasteiger partial charge in [0.15, 0.2) is 8.32 Å². The fourth-order valence-electron chi connectivity index (χ4n) is 1.18. The van der Waals surface area contributed by atoms with E-state index in [1.165, 1.54) is 0 Å². The van der Waals surface area contributed by atoms with Crippen LogP contribution in [0.4, 0.5) is 0 Å². The average Bonchev–Trinajstić information content (AvgIpc) is 2.15. The molecule has 0 radical (unpaired) electrons. The van der Waals surface area contributed by atoms with E-state index in [0.29, 0.717) is 0 Å². The maximum absolute atomic E-state index is 11.2. The number of carbonyl (C=O) groups excluding carboxylic acids is 1. The van der Waals surface area contributed by atoms with Crippen LogP contribution >= 0.6 is 0 Å². The lowest BCUT2D eigenvalue weighted by atomic mass is 9.88. The molecule has 17 heavy (non-hydrogen) atoms. The van der Waals surface area contributed by atoms with Crippen molar-refractivity contribution in [1.82, 2.24) is 0 Å². The molecule has 3 heteroatoms. The molecule has 0 bridgehead atoms. The van der Waals surface area contributed by atoms with Gasteiger partial charge in [-0.1, -0.05) is 46.8 Å². The molecule has 0 rings (SSSR count). The maximum atomic E-state index is 11.2. The number of hydrogen-bond donors (Lipinski definition) is 0. The van der Waals surface area contributed by atoms with Crippen molar-refractivity contribution in [2.24, 2.45) is 5.41 Å². The van der Waals surface area contributed by atoms with E-state index < -0.39 is 13.7 Å². The average molecular weight is 256 g/mol. The van der Waals surface area contributed by atoms with Crippen LogP contribution in [0.3, 0.4) is 0 Å². The smallest absolute Gasteiger partial charge is 0.192 e. The van der Waals surface area contributed by atoms with Crippen LogP contribution in [0.5, 0.6) is 0 Å². The highest BCUT2D eigenvalue weighted by Gasteiger charge is 2.41. The Kier molecular flexibility index (Phi) is 5.35. The van der Waals surface area contributed by atoms with Crippen LogP contribution in [0.15, 0.2) is 12.2 Å². The quantitative estimate of drug-likeness (QED) is 0.419.